The van der Waals surface area contributed by atoms with Gasteiger partial charge in [0.05, 0.1) is 0 Å². The second kappa shape index (κ2) is 8.67. The third-order valence-corrected chi connectivity index (χ3v) is 3.72. The average Bonchev–Trinajstić information content (AvgIpc) is 2.68. The van der Waals surface area contributed by atoms with E-state index >= 15 is 0 Å². The number of hydrogen-bond acceptors (Lipinski definition) is 3. The van der Waals surface area contributed by atoms with Gasteiger partial charge in [-0.1, -0.05) is 36.4 Å². The van der Waals surface area contributed by atoms with Gasteiger partial charge in [0.25, 0.3) is 5.91 Å². The Kier molecular flexibility index (Phi) is 5.83. The van der Waals surface area contributed by atoms with Gasteiger partial charge in [-0.05, 0) is 42.5 Å². The van der Waals surface area contributed by atoms with Crippen LogP contribution in [0.5, 0.6) is 5.75 Å². The molecule has 0 saturated heterocycles. The minimum Gasteiger partial charge on any atom is -0.483 e. The van der Waals surface area contributed by atoms with Crippen LogP contribution in [0, 0.1) is 5.82 Å². The number of ether oxygens (including phenoxy) is 1. The predicted octanol–water partition coefficient (Wildman–Crippen LogP) is 4.46. The topological polar surface area (TPSA) is 50.4 Å². The first-order valence-corrected chi connectivity index (χ1v) is 8.26. The summed E-state index contributed by atoms with van der Waals surface area (Å²) in [5, 5.41) is 5.99. The number of nitrogens with one attached hydrogen (secondary N) is 2. The van der Waals surface area contributed by atoms with E-state index < -0.39 is 0 Å². The highest BCUT2D eigenvalue weighted by atomic mass is 19.1. The Morgan fingerprint density at radius 1 is 0.846 bits per heavy atom. The number of halogens is 1. The number of rotatable bonds is 7. The van der Waals surface area contributed by atoms with Gasteiger partial charge in [0, 0.05) is 23.5 Å². The van der Waals surface area contributed by atoms with Crippen molar-refractivity contribution in [1.82, 2.24) is 0 Å². The molecule has 0 fully saturated rings. The maximum absolute atomic E-state index is 12.9. The largest absolute Gasteiger partial charge is 0.483 e. The molecule has 3 aromatic carbocycles. The summed E-state index contributed by atoms with van der Waals surface area (Å²) < 4.78 is 18.5. The van der Waals surface area contributed by atoms with Crippen molar-refractivity contribution in [2.45, 2.75) is 6.54 Å². The van der Waals surface area contributed by atoms with Crippen molar-refractivity contribution in [3.05, 3.63) is 90.2 Å². The molecule has 0 spiro atoms. The SMILES string of the molecule is O=C(COc1ccccc1CNc1ccccc1)Nc1ccc(F)cc1. The fourth-order valence-electron chi connectivity index (χ4n) is 2.42. The molecule has 0 aliphatic carbocycles. The summed E-state index contributed by atoms with van der Waals surface area (Å²) in [5.41, 5.74) is 2.49. The zero-order valence-corrected chi connectivity index (χ0v) is 14.1. The fraction of sp³-hybridized carbons (Fsp3) is 0.0952. The molecule has 0 aliphatic rings. The molecule has 3 aromatic rings. The number of benzene rings is 3. The van der Waals surface area contributed by atoms with E-state index in [0.29, 0.717) is 18.0 Å². The van der Waals surface area contributed by atoms with Crippen molar-refractivity contribution < 1.29 is 13.9 Å². The number of carbonyl (C=O) groups is 1. The lowest BCUT2D eigenvalue weighted by Gasteiger charge is -2.13. The van der Waals surface area contributed by atoms with Crippen LogP contribution in [0.15, 0.2) is 78.9 Å². The highest BCUT2D eigenvalue weighted by Gasteiger charge is 2.07. The van der Waals surface area contributed by atoms with Crippen LogP contribution in [0.4, 0.5) is 15.8 Å². The molecular formula is C21H19FN2O2. The molecule has 0 saturated carbocycles. The summed E-state index contributed by atoms with van der Waals surface area (Å²) in [7, 11) is 0. The van der Waals surface area contributed by atoms with Gasteiger partial charge in [0.2, 0.25) is 0 Å². The molecule has 1 amide bonds. The van der Waals surface area contributed by atoms with E-state index in [0.717, 1.165) is 11.3 Å². The second-order valence-corrected chi connectivity index (χ2v) is 5.67. The molecule has 26 heavy (non-hydrogen) atoms. The van der Waals surface area contributed by atoms with Gasteiger partial charge >= 0.3 is 0 Å². The van der Waals surface area contributed by atoms with Crippen LogP contribution < -0.4 is 15.4 Å². The summed E-state index contributed by atoms with van der Waals surface area (Å²) >= 11 is 0. The van der Waals surface area contributed by atoms with Crippen molar-refractivity contribution in [3.8, 4) is 5.75 Å². The van der Waals surface area contributed by atoms with Crippen LogP contribution in [-0.2, 0) is 11.3 Å². The highest BCUT2D eigenvalue weighted by molar-refractivity contribution is 5.91. The first-order valence-electron chi connectivity index (χ1n) is 8.26. The molecule has 5 heteroatoms. The van der Waals surface area contributed by atoms with E-state index in [4.69, 9.17) is 4.74 Å². The third kappa shape index (κ3) is 5.08. The molecule has 2 N–H and O–H groups in total. The minimum atomic E-state index is -0.348. The molecule has 0 heterocycles. The van der Waals surface area contributed by atoms with Crippen LogP contribution in [0.2, 0.25) is 0 Å². The molecule has 0 unspecified atom stereocenters. The fourth-order valence-corrected chi connectivity index (χ4v) is 2.42. The monoisotopic (exact) mass is 350 g/mol. The van der Waals surface area contributed by atoms with Gasteiger partial charge in [-0.15, -0.1) is 0 Å². The first-order chi connectivity index (χ1) is 12.7. The molecule has 4 nitrogen and oxygen atoms in total. The Balaban J connectivity index is 1.56. The van der Waals surface area contributed by atoms with Gasteiger partial charge in [-0.2, -0.15) is 0 Å². The highest BCUT2D eigenvalue weighted by Crippen LogP contribution is 2.19. The normalized spacial score (nSPS) is 10.2. The first kappa shape index (κ1) is 17.5. The van der Waals surface area contributed by atoms with Crippen molar-refractivity contribution in [3.63, 3.8) is 0 Å². The van der Waals surface area contributed by atoms with Gasteiger partial charge in [0.1, 0.15) is 11.6 Å². The van der Waals surface area contributed by atoms with Crippen LogP contribution in [0.25, 0.3) is 0 Å². The van der Waals surface area contributed by atoms with Crippen LogP contribution in [-0.4, -0.2) is 12.5 Å². The molecule has 132 valence electrons. The summed E-state index contributed by atoms with van der Waals surface area (Å²) in [4.78, 5) is 12.0. The summed E-state index contributed by atoms with van der Waals surface area (Å²) in [6.45, 7) is 0.458. The van der Waals surface area contributed by atoms with E-state index in [9.17, 15) is 9.18 Å². The Labute approximate surface area is 151 Å². The van der Waals surface area contributed by atoms with E-state index in [1.165, 1.54) is 24.3 Å². The summed E-state index contributed by atoms with van der Waals surface area (Å²) in [6.07, 6.45) is 0. The lowest BCUT2D eigenvalue weighted by Crippen LogP contribution is -2.20. The van der Waals surface area contributed by atoms with Crippen molar-refractivity contribution in [2.75, 3.05) is 17.2 Å². The Bertz CT molecular complexity index is 851. The number of para-hydroxylation sites is 2. The lowest BCUT2D eigenvalue weighted by molar-refractivity contribution is -0.118. The molecule has 0 atom stereocenters. The van der Waals surface area contributed by atoms with Crippen molar-refractivity contribution in [2.24, 2.45) is 0 Å². The van der Waals surface area contributed by atoms with Gasteiger partial charge < -0.3 is 15.4 Å². The zero-order valence-electron chi connectivity index (χ0n) is 14.1. The standard InChI is InChI=1S/C21H19FN2O2/c22-17-10-12-19(13-11-17)24-21(25)15-26-20-9-5-4-6-16(20)14-23-18-7-2-1-3-8-18/h1-13,23H,14-15H2,(H,24,25). The molecule has 0 bridgehead atoms. The maximum atomic E-state index is 12.9. The molecule has 0 aliphatic heterocycles. The van der Waals surface area contributed by atoms with Crippen molar-refractivity contribution >= 4 is 17.3 Å². The number of amides is 1. The van der Waals surface area contributed by atoms with E-state index in [-0.39, 0.29) is 18.3 Å². The zero-order chi connectivity index (χ0) is 18.2. The van der Waals surface area contributed by atoms with Crippen molar-refractivity contribution in [1.29, 1.82) is 0 Å². The van der Waals surface area contributed by atoms with Gasteiger partial charge in [0.15, 0.2) is 6.61 Å². The molecule has 0 aromatic heterocycles. The summed E-state index contributed by atoms with van der Waals surface area (Å²) in [6, 6.07) is 23.0. The predicted molar refractivity (Wildman–Crippen MR) is 101 cm³/mol. The molecular weight excluding hydrogens is 331 g/mol. The molecule has 3 rings (SSSR count). The van der Waals surface area contributed by atoms with Crippen LogP contribution in [0.1, 0.15) is 5.56 Å². The quantitative estimate of drug-likeness (QED) is 0.662. The van der Waals surface area contributed by atoms with Gasteiger partial charge in [-0.25, -0.2) is 4.39 Å². The number of anilines is 2. The van der Waals surface area contributed by atoms with Crippen LogP contribution in [0.3, 0.4) is 0 Å². The smallest absolute Gasteiger partial charge is 0.262 e. The Hall–Kier alpha value is -3.34. The average molecular weight is 350 g/mol. The van der Waals surface area contributed by atoms with E-state index in [2.05, 4.69) is 10.6 Å². The Morgan fingerprint density at radius 3 is 2.31 bits per heavy atom. The van der Waals surface area contributed by atoms with E-state index in [1.807, 2.05) is 54.6 Å². The lowest BCUT2D eigenvalue weighted by atomic mass is 10.2. The maximum Gasteiger partial charge on any atom is 0.262 e. The van der Waals surface area contributed by atoms with Crippen LogP contribution >= 0.6 is 0 Å². The number of hydrogen-bond donors (Lipinski definition) is 2. The second-order valence-electron chi connectivity index (χ2n) is 5.67. The Morgan fingerprint density at radius 2 is 1.54 bits per heavy atom. The third-order valence-electron chi connectivity index (χ3n) is 3.72. The van der Waals surface area contributed by atoms with E-state index in [1.54, 1.807) is 0 Å². The van der Waals surface area contributed by atoms with Gasteiger partial charge in [-0.3, -0.25) is 4.79 Å². The molecule has 0 radical (unpaired) electrons. The summed E-state index contributed by atoms with van der Waals surface area (Å²) in [5.74, 6) is -0.00768. The minimum absolute atomic E-state index is 0.125. The number of carbonyl (C=O) groups excluding carboxylic acids is 1.